The first-order valence-corrected chi connectivity index (χ1v) is 7.72. The molecule has 2 aromatic heterocycles. The highest BCUT2D eigenvalue weighted by Gasteiger charge is 2.11. The van der Waals surface area contributed by atoms with Gasteiger partial charge >= 0.3 is 0 Å². The minimum absolute atomic E-state index is 0.833. The van der Waals surface area contributed by atoms with Crippen molar-refractivity contribution >= 4 is 22.4 Å². The lowest BCUT2D eigenvalue weighted by molar-refractivity contribution is 0.303. The van der Waals surface area contributed by atoms with Gasteiger partial charge < -0.3 is 4.57 Å². The third-order valence-corrected chi connectivity index (χ3v) is 4.01. The molecule has 0 aliphatic carbocycles. The van der Waals surface area contributed by atoms with Crippen molar-refractivity contribution in [2.24, 2.45) is 0 Å². The van der Waals surface area contributed by atoms with E-state index in [0.29, 0.717) is 0 Å². The molecule has 0 bridgehead atoms. The lowest BCUT2D eigenvalue weighted by Gasteiger charge is -2.15. The maximum atomic E-state index is 4.76. The molecule has 0 atom stereocenters. The van der Waals surface area contributed by atoms with E-state index in [9.17, 15) is 0 Å². The topological polar surface area (TPSA) is 34.0 Å². The number of hydrogen-bond acceptors (Lipinski definition) is 4. The van der Waals surface area contributed by atoms with Crippen molar-refractivity contribution in [1.82, 2.24) is 19.4 Å². The largest absolute Gasteiger partial charge is 0.327 e. The minimum atomic E-state index is 0.833. The number of benzene rings is 1. The average molecular weight is 286 g/mol. The first kappa shape index (κ1) is 13.3. The molecule has 1 aromatic carbocycles. The Morgan fingerprint density at radius 3 is 2.85 bits per heavy atom. The second-order valence-corrected chi connectivity index (χ2v) is 5.63. The molecule has 0 aliphatic rings. The summed E-state index contributed by atoms with van der Waals surface area (Å²) < 4.78 is 2.28. The molecule has 0 saturated heterocycles. The van der Waals surface area contributed by atoms with Crippen molar-refractivity contribution in [2.45, 2.75) is 26.6 Å². The molecule has 0 amide bonds. The van der Waals surface area contributed by atoms with Gasteiger partial charge in [-0.3, -0.25) is 4.90 Å². The lowest BCUT2D eigenvalue weighted by atomic mass is 10.3. The van der Waals surface area contributed by atoms with Crippen LogP contribution < -0.4 is 0 Å². The Labute approximate surface area is 122 Å². The van der Waals surface area contributed by atoms with Gasteiger partial charge in [-0.15, -0.1) is 11.3 Å². The fourth-order valence-electron chi connectivity index (χ4n) is 2.49. The highest BCUT2D eigenvalue weighted by molar-refractivity contribution is 7.07. The monoisotopic (exact) mass is 286 g/mol. The molecular formula is C15H18N4S. The van der Waals surface area contributed by atoms with Crippen LogP contribution in [0.15, 0.2) is 35.2 Å². The quantitative estimate of drug-likeness (QED) is 0.722. The molecule has 2 heterocycles. The van der Waals surface area contributed by atoms with Crippen molar-refractivity contribution in [3.8, 4) is 0 Å². The SMILES string of the molecule is CCn1c(CN(C)Cc2cscn2)nc2ccccc21. The average Bonchev–Trinajstić information content (AvgIpc) is 3.05. The first-order chi connectivity index (χ1) is 9.78. The van der Waals surface area contributed by atoms with Crippen LogP contribution in [0.3, 0.4) is 0 Å². The predicted molar refractivity (Wildman–Crippen MR) is 82.7 cm³/mol. The van der Waals surface area contributed by atoms with Gasteiger partial charge in [0.25, 0.3) is 0 Å². The summed E-state index contributed by atoms with van der Waals surface area (Å²) in [6, 6.07) is 8.32. The zero-order valence-corrected chi connectivity index (χ0v) is 12.6. The Morgan fingerprint density at radius 2 is 2.10 bits per heavy atom. The molecule has 0 spiro atoms. The molecule has 3 aromatic rings. The second kappa shape index (κ2) is 5.73. The van der Waals surface area contributed by atoms with Crippen molar-refractivity contribution in [1.29, 1.82) is 0 Å². The third-order valence-electron chi connectivity index (χ3n) is 3.38. The lowest BCUT2D eigenvalue weighted by Crippen LogP contribution is -2.20. The van der Waals surface area contributed by atoms with Gasteiger partial charge in [0, 0.05) is 18.5 Å². The molecular weight excluding hydrogens is 268 g/mol. The summed E-state index contributed by atoms with van der Waals surface area (Å²) in [6.07, 6.45) is 0. The molecule has 104 valence electrons. The number of thiazole rings is 1. The normalized spacial score (nSPS) is 11.6. The number of para-hydroxylation sites is 2. The van der Waals surface area contributed by atoms with Crippen molar-refractivity contribution in [3.05, 3.63) is 46.7 Å². The number of hydrogen-bond donors (Lipinski definition) is 0. The number of imidazole rings is 1. The van der Waals surface area contributed by atoms with Gasteiger partial charge in [-0.25, -0.2) is 9.97 Å². The van der Waals surface area contributed by atoms with Crippen molar-refractivity contribution < 1.29 is 0 Å². The molecule has 0 fully saturated rings. The van der Waals surface area contributed by atoms with Crippen LogP contribution in [-0.2, 0) is 19.6 Å². The maximum Gasteiger partial charge on any atom is 0.124 e. The first-order valence-electron chi connectivity index (χ1n) is 6.77. The van der Waals surface area contributed by atoms with Gasteiger partial charge in [0.1, 0.15) is 5.82 Å². The molecule has 3 rings (SSSR count). The van der Waals surface area contributed by atoms with Gasteiger partial charge in [-0.1, -0.05) is 12.1 Å². The van der Waals surface area contributed by atoms with Crippen LogP contribution in [0.25, 0.3) is 11.0 Å². The number of nitrogens with zero attached hydrogens (tertiary/aromatic N) is 4. The molecule has 4 nitrogen and oxygen atoms in total. The Bertz CT molecular complexity index is 687. The molecule has 0 saturated carbocycles. The predicted octanol–water partition coefficient (Wildman–Crippen LogP) is 3.14. The number of fused-ring (bicyclic) bond motifs is 1. The summed E-state index contributed by atoms with van der Waals surface area (Å²) in [4.78, 5) is 11.3. The van der Waals surface area contributed by atoms with Gasteiger partial charge in [0.2, 0.25) is 0 Å². The standard InChI is InChI=1S/C15H18N4S/c1-3-19-14-7-5-4-6-13(14)17-15(19)9-18(2)8-12-10-20-11-16-12/h4-7,10-11H,3,8-9H2,1-2H3. The van der Waals surface area contributed by atoms with Gasteiger partial charge in [-0.2, -0.15) is 0 Å². The Hall–Kier alpha value is -1.72. The van der Waals surface area contributed by atoms with Crippen molar-refractivity contribution in [3.63, 3.8) is 0 Å². The van der Waals surface area contributed by atoms with E-state index in [1.807, 2.05) is 11.6 Å². The van der Waals surface area contributed by atoms with E-state index in [0.717, 1.165) is 36.7 Å². The van der Waals surface area contributed by atoms with Crippen LogP contribution in [-0.4, -0.2) is 26.5 Å². The van der Waals surface area contributed by atoms with Crippen LogP contribution >= 0.6 is 11.3 Å². The van der Waals surface area contributed by atoms with Crippen LogP contribution in [0.2, 0.25) is 0 Å². The summed E-state index contributed by atoms with van der Waals surface area (Å²) in [5.74, 6) is 1.12. The highest BCUT2D eigenvalue weighted by Crippen LogP contribution is 2.17. The van der Waals surface area contributed by atoms with Crippen LogP contribution in [0, 0.1) is 0 Å². The Kier molecular flexibility index (Phi) is 3.80. The van der Waals surface area contributed by atoms with Crippen molar-refractivity contribution in [2.75, 3.05) is 7.05 Å². The molecule has 5 heteroatoms. The van der Waals surface area contributed by atoms with Crippen LogP contribution in [0.1, 0.15) is 18.4 Å². The van der Waals surface area contributed by atoms with E-state index < -0.39 is 0 Å². The number of aryl methyl sites for hydroxylation is 1. The molecule has 20 heavy (non-hydrogen) atoms. The number of rotatable bonds is 5. The second-order valence-electron chi connectivity index (χ2n) is 4.91. The molecule has 0 N–H and O–H groups in total. The minimum Gasteiger partial charge on any atom is -0.327 e. The smallest absolute Gasteiger partial charge is 0.124 e. The summed E-state index contributed by atoms with van der Waals surface area (Å²) in [5, 5.41) is 2.10. The molecule has 0 aliphatic heterocycles. The van der Waals surface area contributed by atoms with E-state index in [2.05, 4.69) is 52.0 Å². The van der Waals surface area contributed by atoms with Gasteiger partial charge in [0.05, 0.1) is 28.8 Å². The zero-order valence-electron chi connectivity index (χ0n) is 11.8. The van der Waals surface area contributed by atoms with Crippen LogP contribution in [0.4, 0.5) is 0 Å². The Morgan fingerprint density at radius 1 is 1.25 bits per heavy atom. The maximum absolute atomic E-state index is 4.76. The highest BCUT2D eigenvalue weighted by atomic mass is 32.1. The van der Waals surface area contributed by atoms with E-state index >= 15 is 0 Å². The summed E-state index contributed by atoms with van der Waals surface area (Å²) in [7, 11) is 2.11. The fourth-order valence-corrected chi connectivity index (χ4v) is 3.04. The van der Waals surface area contributed by atoms with Gasteiger partial charge in [0.15, 0.2) is 0 Å². The summed E-state index contributed by atoms with van der Waals surface area (Å²) in [5.41, 5.74) is 5.29. The van der Waals surface area contributed by atoms with E-state index in [1.54, 1.807) is 11.3 Å². The fraction of sp³-hybridized carbons (Fsp3) is 0.333. The Balaban J connectivity index is 1.83. The summed E-state index contributed by atoms with van der Waals surface area (Å²) in [6.45, 7) is 4.80. The van der Waals surface area contributed by atoms with E-state index in [-0.39, 0.29) is 0 Å². The molecule has 0 unspecified atom stereocenters. The number of aromatic nitrogens is 3. The van der Waals surface area contributed by atoms with Crippen LogP contribution in [0.5, 0.6) is 0 Å². The molecule has 0 radical (unpaired) electrons. The zero-order chi connectivity index (χ0) is 13.9. The van der Waals surface area contributed by atoms with Gasteiger partial charge in [-0.05, 0) is 26.1 Å². The van der Waals surface area contributed by atoms with E-state index in [4.69, 9.17) is 4.98 Å². The summed E-state index contributed by atoms with van der Waals surface area (Å²) >= 11 is 1.64. The van der Waals surface area contributed by atoms with E-state index in [1.165, 1.54) is 5.52 Å². The third kappa shape index (κ3) is 2.59.